The summed E-state index contributed by atoms with van der Waals surface area (Å²) in [6.07, 6.45) is 1.93. The first-order valence-electron chi connectivity index (χ1n) is 12.6. The zero-order valence-electron chi connectivity index (χ0n) is 20.8. The van der Waals surface area contributed by atoms with Crippen LogP contribution in [-0.4, -0.2) is 59.3 Å². The summed E-state index contributed by atoms with van der Waals surface area (Å²) in [5.74, 6) is 0. The van der Waals surface area contributed by atoms with Gasteiger partial charge < -0.3 is 19.9 Å². The second-order valence-electron chi connectivity index (χ2n) is 9.21. The van der Waals surface area contributed by atoms with Crippen molar-refractivity contribution in [3.05, 3.63) is 81.6 Å². The van der Waals surface area contributed by atoms with Gasteiger partial charge in [-0.3, -0.25) is 9.69 Å². The summed E-state index contributed by atoms with van der Waals surface area (Å²) in [5.41, 5.74) is 3.98. The van der Waals surface area contributed by atoms with E-state index in [2.05, 4.69) is 58.2 Å². The fourth-order valence-electron chi connectivity index (χ4n) is 4.51. The molecule has 186 valence electrons. The van der Waals surface area contributed by atoms with Gasteiger partial charge in [0.05, 0.1) is 25.8 Å². The van der Waals surface area contributed by atoms with E-state index < -0.39 is 0 Å². The maximum atomic E-state index is 12.9. The molecule has 4 rings (SSSR count). The molecule has 1 aliphatic heterocycles. The SMILES string of the molecule is CCc1ccc2[nH]c(=O)c(CN(CCCN3CCOCC3)C(=S)NC(C)c3ccccc3)cc2c1. The van der Waals surface area contributed by atoms with E-state index in [1.54, 1.807) is 0 Å². The van der Waals surface area contributed by atoms with Gasteiger partial charge in [-0.2, -0.15) is 0 Å². The predicted octanol–water partition coefficient (Wildman–Crippen LogP) is 4.25. The first kappa shape index (κ1) is 25.4. The number of pyridine rings is 1. The lowest BCUT2D eigenvalue weighted by Gasteiger charge is -2.30. The molecule has 0 amide bonds. The summed E-state index contributed by atoms with van der Waals surface area (Å²) in [6, 6.07) is 18.6. The van der Waals surface area contributed by atoms with Crippen molar-refractivity contribution in [2.75, 3.05) is 39.4 Å². The minimum atomic E-state index is -0.0566. The van der Waals surface area contributed by atoms with Gasteiger partial charge in [0.15, 0.2) is 5.11 Å². The molecule has 1 aromatic heterocycles. The van der Waals surface area contributed by atoms with Gasteiger partial charge in [0.1, 0.15) is 0 Å². The highest BCUT2D eigenvalue weighted by atomic mass is 32.1. The Kier molecular flexibility index (Phi) is 8.90. The number of nitrogens with zero attached hydrogens (tertiary/aromatic N) is 2. The number of aromatic nitrogens is 1. The molecule has 2 N–H and O–H groups in total. The number of thiocarbonyl (C=S) groups is 1. The lowest BCUT2D eigenvalue weighted by atomic mass is 10.1. The highest BCUT2D eigenvalue weighted by molar-refractivity contribution is 7.80. The molecule has 1 aliphatic rings. The van der Waals surface area contributed by atoms with E-state index in [1.807, 2.05) is 30.3 Å². The fourth-order valence-corrected chi connectivity index (χ4v) is 4.84. The molecule has 1 fully saturated rings. The molecular weight excluding hydrogens is 456 g/mol. The van der Waals surface area contributed by atoms with Gasteiger partial charge in [-0.05, 0) is 66.7 Å². The highest BCUT2D eigenvalue weighted by Gasteiger charge is 2.17. The number of hydrogen-bond acceptors (Lipinski definition) is 4. The normalized spacial score (nSPS) is 15.1. The Balaban J connectivity index is 1.51. The van der Waals surface area contributed by atoms with Gasteiger partial charge in [-0.25, -0.2) is 0 Å². The van der Waals surface area contributed by atoms with Gasteiger partial charge in [0, 0.05) is 37.3 Å². The highest BCUT2D eigenvalue weighted by Crippen LogP contribution is 2.17. The van der Waals surface area contributed by atoms with Gasteiger partial charge >= 0.3 is 0 Å². The molecule has 0 spiro atoms. The van der Waals surface area contributed by atoms with Crippen molar-refractivity contribution < 1.29 is 4.74 Å². The molecule has 6 nitrogen and oxygen atoms in total. The third kappa shape index (κ3) is 6.90. The number of hydrogen-bond donors (Lipinski definition) is 2. The topological polar surface area (TPSA) is 60.6 Å². The van der Waals surface area contributed by atoms with E-state index in [-0.39, 0.29) is 11.6 Å². The molecule has 2 aromatic carbocycles. The fraction of sp³-hybridized carbons (Fsp3) is 0.429. The van der Waals surface area contributed by atoms with Crippen LogP contribution in [0.2, 0.25) is 0 Å². The molecule has 0 saturated carbocycles. The van der Waals surface area contributed by atoms with Gasteiger partial charge in [0.25, 0.3) is 5.56 Å². The number of aryl methyl sites for hydroxylation is 1. The van der Waals surface area contributed by atoms with Crippen LogP contribution in [0.15, 0.2) is 59.4 Å². The molecule has 1 saturated heterocycles. The third-order valence-corrected chi connectivity index (χ3v) is 7.06. The summed E-state index contributed by atoms with van der Waals surface area (Å²) >= 11 is 5.87. The van der Waals surface area contributed by atoms with Crippen molar-refractivity contribution in [2.45, 2.75) is 39.3 Å². The van der Waals surface area contributed by atoms with Gasteiger partial charge in [-0.15, -0.1) is 0 Å². The Morgan fingerprint density at radius 1 is 1.17 bits per heavy atom. The van der Waals surface area contributed by atoms with Crippen LogP contribution in [0.3, 0.4) is 0 Å². The molecule has 7 heteroatoms. The largest absolute Gasteiger partial charge is 0.379 e. The monoisotopic (exact) mass is 492 g/mol. The lowest BCUT2D eigenvalue weighted by Crippen LogP contribution is -2.43. The van der Waals surface area contributed by atoms with Crippen LogP contribution in [-0.2, 0) is 17.7 Å². The van der Waals surface area contributed by atoms with E-state index in [1.165, 1.54) is 11.1 Å². The van der Waals surface area contributed by atoms with E-state index in [4.69, 9.17) is 17.0 Å². The van der Waals surface area contributed by atoms with Gasteiger partial charge in [0.2, 0.25) is 0 Å². The van der Waals surface area contributed by atoms with Crippen LogP contribution in [0.25, 0.3) is 10.9 Å². The smallest absolute Gasteiger partial charge is 0.253 e. The predicted molar refractivity (Wildman–Crippen MR) is 147 cm³/mol. The molecular formula is C28H36N4O2S. The summed E-state index contributed by atoms with van der Waals surface area (Å²) in [5, 5.41) is 5.22. The van der Waals surface area contributed by atoms with Gasteiger partial charge in [-0.1, -0.05) is 43.3 Å². The Labute approximate surface area is 213 Å². The first-order valence-corrected chi connectivity index (χ1v) is 13.0. The number of H-pyrrole nitrogens is 1. The number of nitrogens with one attached hydrogen (secondary N) is 2. The number of rotatable bonds is 9. The Morgan fingerprint density at radius 2 is 1.94 bits per heavy atom. The van der Waals surface area contributed by atoms with E-state index in [9.17, 15) is 4.79 Å². The van der Waals surface area contributed by atoms with Crippen molar-refractivity contribution >= 4 is 28.2 Å². The summed E-state index contributed by atoms with van der Waals surface area (Å²) < 4.78 is 5.47. The molecule has 3 aromatic rings. The van der Waals surface area contributed by atoms with Crippen LogP contribution in [0.5, 0.6) is 0 Å². The van der Waals surface area contributed by atoms with Crippen molar-refractivity contribution in [2.24, 2.45) is 0 Å². The maximum absolute atomic E-state index is 12.9. The molecule has 1 unspecified atom stereocenters. The minimum absolute atomic E-state index is 0.0566. The quantitative estimate of drug-likeness (QED) is 0.436. The van der Waals surface area contributed by atoms with E-state index >= 15 is 0 Å². The number of ether oxygens (including phenoxy) is 1. The zero-order chi connectivity index (χ0) is 24.6. The molecule has 1 atom stereocenters. The second-order valence-corrected chi connectivity index (χ2v) is 9.60. The van der Waals surface area contributed by atoms with Crippen LogP contribution >= 0.6 is 12.2 Å². The van der Waals surface area contributed by atoms with Crippen LogP contribution in [0, 0.1) is 0 Å². The van der Waals surface area contributed by atoms with Crippen molar-refractivity contribution in [3.8, 4) is 0 Å². The Hall–Kier alpha value is -2.74. The third-order valence-electron chi connectivity index (χ3n) is 6.69. The van der Waals surface area contributed by atoms with Crippen LogP contribution in [0.4, 0.5) is 0 Å². The Morgan fingerprint density at radius 3 is 2.69 bits per heavy atom. The zero-order valence-corrected chi connectivity index (χ0v) is 21.6. The maximum Gasteiger partial charge on any atom is 0.253 e. The number of fused-ring (bicyclic) bond motifs is 1. The average molecular weight is 493 g/mol. The van der Waals surface area contributed by atoms with Crippen LogP contribution < -0.4 is 10.9 Å². The lowest BCUT2D eigenvalue weighted by molar-refractivity contribution is 0.0367. The summed E-state index contributed by atoms with van der Waals surface area (Å²) in [7, 11) is 0. The molecule has 0 radical (unpaired) electrons. The van der Waals surface area contributed by atoms with Crippen molar-refractivity contribution in [1.29, 1.82) is 0 Å². The number of benzene rings is 2. The van der Waals surface area contributed by atoms with Crippen molar-refractivity contribution in [1.82, 2.24) is 20.1 Å². The Bertz CT molecular complexity index is 1170. The molecule has 0 aliphatic carbocycles. The molecule has 35 heavy (non-hydrogen) atoms. The van der Waals surface area contributed by atoms with E-state index in [0.29, 0.717) is 11.7 Å². The molecule has 0 bridgehead atoms. The van der Waals surface area contributed by atoms with E-state index in [0.717, 1.165) is 68.7 Å². The summed E-state index contributed by atoms with van der Waals surface area (Å²) in [6.45, 7) is 10.0. The van der Waals surface area contributed by atoms with Crippen molar-refractivity contribution in [3.63, 3.8) is 0 Å². The minimum Gasteiger partial charge on any atom is -0.379 e. The standard InChI is InChI=1S/C28H36N4O2S/c1-3-22-10-11-26-24(18-22)19-25(27(33)30-26)20-32(13-7-12-31-14-16-34-17-15-31)28(35)29-21(2)23-8-5-4-6-9-23/h4-6,8-11,18-19,21H,3,7,12-17,20H2,1-2H3,(H,29,35)(H,30,33). The molecule has 2 heterocycles. The van der Waals surface area contributed by atoms with Crippen LogP contribution in [0.1, 0.15) is 43.0 Å². The second kappa shape index (κ2) is 12.3. The first-order chi connectivity index (χ1) is 17.0. The summed E-state index contributed by atoms with van der Waals surface area (Å²) in [4.78, 5) is 20.6. The average Bonchev–Trinajstić information content (AvgIpc) is 2.89. The number of morpholine rings is 1. The number of aromatic amines is 1.